The van der Waals surface area contributed by atoms with Crippen LogP contribution in [0.4, 0.5) is 0 Å². The van der Waals surface area contributed by atoms with Gasteiger partial charge in [-0.1, -0.05) is 11.7 Å². The Balaban J connectivity index is 2.97. The lowest BCUT2D eigenvalue weighted by molar-refractivity contribution is -0.130. The van der Waals surface area contributed by atoms with Crippen molar-refractivity contribution in [2.75, 3.05) is 0 Å². The zero-order valence-electron chi connectivity index (χ0n) is 9.60. The van der Waals surface area contributed by atoms with Crippen molar-refractivity contribution >= 4 is 11.7 Å². The highest BCUT2D eigenvalue weighted by atomic mass is 16.5. The van der Waals surface area contributed by atoms with Gasteiger partial charge in [0, 0.05) is 17.2 Å². The molecule has 0 fully saturated rings. The fourth-order valence-corrected chi connectivity index (χ4v) is 1.13. The number of benzene rings is 1. The van der Waals surface area contributed by atoms with E-state index in [-0.39, 0.29) is 22.8 Å². The summed E-state index contributed by atoms with van der Waals surface area (Å²) in [5.41, 5.74) is 0.893. The van der Waals surface area contributed by atoms with Crippen molar-refractivity contribution in [2.45, 2.75) is 13.8 Å². The minimum absolute atomic E-state index is 0.132. The fourth-order valence-electron chi connectivity index (χ4n) is 1.13. The second-order valence-electron chi connectivity index (χ2n) is 3.53. The SMILES string of the molecule is C=C(C)C(=O)Oc1ccc(/C(C)=N/O)c(O)c1. The highest BCUT2D eigenvalue weighted by Crippen LogP contribution is 2.24. The number of aromatic hydroxyl groups is 1. The quantitative estimate of drug-likeness (QED) is 0.210. The number of carbonyl (C=O) groups excluding carboxylic acids is 1. The van der Waals surface area contributed by atoms with E-state index in [9.17, 15) is 9.90 Å². The van der Waals surface area contributed by atoms with Crippen LogP contribution in [0, 0.1) is 0 Å². The molecule has 0 radical (unpaired) electrons. The van der Waals surface area contributed by atoms with Crippen LogP contribution in [0.3, 0.4) is 0 Å². The van der Waals surface area contributed by atoms with Gasteiger partial charge in [-0.2, -0.15) is 0 Å². The Morgan fingerprint density at radius 3 is 2.53 bits per heavy atom. The average Bonchev–Trinajstić information content (AvgIpc) is 2.28. The first-order chi connectivity index (χ1) is 7.95. The summed E-state index contributed by atoms with van der Waals surface area (Å²) in [6, 6.07) is 4.25. The maximum Gasteiger partial charge on any atom is 0.338 e. The maximum atomic E-state index is 11.2. The zero-order valence-corrected chi connectivity index (χ0v) is 9.60. The zero-order chi connectivity index (χ0) is 13.0. The number of phenolic OH excluding ortho intramolecular Hbond substituents is 1. The fraction of sp³-hybridized carbons (Fsp3) is 0.167. The van der Waals surface area contributed by atoms with Crippen molar-refractivity contribution in [3.8, 4) is 11.5 Å². The van der Waals surface area contributed by atoms with Crippen LogP contribution < -0.4 is 4.74 Å². The Labute approximate surface area is 98.6 Å². The minimum atomic E-state index is -0.565. The molecule has 17 heavy (non-hydrogen) atoms. The molecule has 0 saturated carbocycles. The molecule has 2 N–H and O–H groups in total. The Morgan fingerprint density at radius 1 is 1.41 bits per heavy atom. The molecule has 0 saturated heterocycles. The topological polar surface area (TPSA) is 79.1 Å². The minimum Gasteiger partial charge on any atom is -0.507 e. The lowest BCUT2D eigenvalue weighted by atomic mass is 10.1. The molecule has 0 aliphatic rings. The predicted octanol–water partition coefficient (Wildman–Crippen LogP) is 2.07. The van der Waals surface area contributed by atoms with Crippen LogP contribution in [0.15, 0.2) is 35.5 Å². The van der Waals surface area contributed by atoms with E-state index in [1.807, 2.05) is 0 Å². The van der Waals surface area contributed by atoms with Crippen molar-refractivity contribution < 1.29 is 19.8 Å². The first kappa shape index (κ1) is 12.8. The molecule has 0 aromatic heterocycles. The molecule has 0 aliphatic heterocycles. The summed E-state index contributed by atoms with van der Waals surface area (Å²) in [5.74, 6) is -0.498. The van der Waals surface area contributed by atoms with Crippen molar-refractivity contribution in [1.29, 1.82) is 0 Å². The normalized spacial score (nSPS) is 11.1. The molecule has 0 atom stereocenters. The number of hydrogen-bond acceptors (Lipinski definition) is 5. The maximum absolute atomic E-state index is 11.2. The van der Waals surface area contributed by atoms with E-state index in [0.29, 0.717) is 5.56 Å². The van der Waals surface area contributed by atoms with Crippen LogP contribution in [0.5, 0.6) is 11.5 Å². The lowest BCUT2D eigenvalue weighted by Gasteiger charge is -2.07. The summed E-state index contributed by atoms with van der Waals surface area (Å²) in [7, 11) is 0. The summed E-state index contributed by atoms with van der Waals surface area (Å²) < 4.78 is 4.92. The Bertz CT molecular complexity index is 491. The van der Waals surface area contributed by atoms with Crippen molar-refractivity contribution in [3.63, 3.8) is 0 Å². The summed E-state index contributed by atoms with van der Waals surface area (Å²) in [4.78, 5) is 11.2. The third kappa shape index (κ3) is 3.07. The first-order valence-corrected chi connectivity index (χ1v) is 4.85. The molecule has 1 aromatic rings. The van der Waals surface area contributed by atoms with Crippen LogP contribution in [0.25, 0.3) is 0 Å². The van der Waals surface area contributed by atoms with Crippen LogP contribution in [0.2, 0.25) is 0 Å². The summed E-state index contributed by atoms with van der Waals surface area (Å²) in [6.45, 7) is 6.51. The van der Waals surface area contributed by atoms with E-state index < -0.39 is 5.97 Å². The van der Waals surface area contributed by atoms with Gasteiger partial charge < -0.3 is 15.1 Å². The van der Waals surface area contributed by atoms with E-state index in [2.05, 4.69) is 11.7 Å². The van der Waals surface area contributed by atoms with E-state index in [0.717, 1.165) is 0 Å². The third-order valence-electron chi connectivity index (χ3n) is 2.07. The number of esters is 1. The Hall–Kier alpha value is -2.30. The number of nitrogens with zero attached hydrogens (tertiary/aromatic N) is 1. The lowest BCUT2D eigenvalue weighted by Crippen LogP contribution is -2.08. The van der Waals surface area contributed by atoms with Gasteiger partial charge in [-0.25, -0.2) is 4.79 Å². The summed E-state index contributed by atoms with van der Waals surface area (Å²) in [5, 5.41) is 21.2. The van der Waals surface area contributed by atoms with Crippen LogP contribution in [0.1, 0.15) is 19.4 Å². The van der Waals surface area contributed by atoms with Crippen LogP contribution in [-0.4, -0.2) is 22.0 Å². The van der Waals surface area contributed by atoms with Gasteiger partial charge in [0.25, 0.3) is 0 Å². The molecule has 1 aromatic carbocycles. The number of hydrogen-bond donors (Lipinski definition) is 2. The van der Waals surface area contributed by atoms with Crippen molar-refractivity contribution in [1.82, 2.24) is 0 Å². The molecule has 0 heterocycles. The summed E-state index contributed by atoms with van der Waals surface area (Å²) >= 11 is 0. The Kier molecular flexibility index (Phi) is 3.87. The molecule has 0 spiro atoms. The number of ether oxygens (including phenoxy) is 1. The average molecular weight is 235 g/mol. The van der Waals surface area contributed by atoms with E-state index in [1.165, 1.54) is 32.0 Å². The van der Waals surface area contributed by atoms with Gasteiger partial charge in [-0.05, 0) is 26.0 Å². The molecule has 1 rings (SSSR count). The molecule has 0 bridgehead atoms. The Morgan fingerprint density at radius 2 is 2.06 bits per heavy atom. The predicted molar refractivity (Wildman–Crippen MR) is 62.6 cm³/mol. The van der Waals surface area contributed by atoms with Gasteiger partial charge in [0.1, 0.15) is 11.5 Å². The molecular weight excluding hydrogens is 222 g/mol. The second kappa shape index (κ2) is 5.16. The highest BCUT2D eigenvalue weighted by Gasteiger charge is 2.10. The number of carbonyl (C=O) groups is 1. The highest BCUT2D eigenvalue weighted by molar-refractivity contribution is 6.00. The van der Waals surface area contributed by atoms with Crippen LogP contribution >= 0.6 is 0 Å². The first-order valence-electron chi connectivity index (χ1n) is 4.85. The van der Waals surface area contributed by atoms with E-state index >= 15 is 0 Å². The van der Waals surface area contributed by atoms with Gasteiger partial charge >= 0.3 is 5.97 Å². The molecule has 0 aliphatic carbocycles. The standard InChI is InChI=1S/C12H13NO4/c1-7(2)12(15)17-9-4-5-10(8(3)13-16)11(14)6-9/h4-6,14,16H,1H2,2-3H3/b13-8+. The molecule has 5 heteroatoms. The number of oxime groups is 1. The second-order valence-corrected chi connectivity index (χ2v) is 3.53. The van der Waals surface area contributed by atoms with E-state index in [4.69, 9.17) is 9.94 Å². The van der Waals surface area contributed by atoms with Gasteiger partial charge in [-0.3, -0.25) is 0 Å². The summed E-state index contributed by atoms with van der Waals surface area (Å²) in [6.07, 6.45) is 0. The molecule has 90 valence electrons. The molecule has 0 unspecified atom stereocenters. The van der Waals surface area contributed by atoms with Crippen molar-refractivity contribution in [3.05, 3.63) is 35.9 Å². The largest absolute Gasteiger partial charge is 0.507 e. The molecular formula is C12H13NO4. The van der Waals surface area contributed by atoms with Gasteiger partial charge in [0.15, 0.2) is 0 Å². The molecule has 5 nitrogen and oxygen atoms in total. The molecule has 0 amide bonds. The smallest absolute Gasteiger partial charge is 0.338 e. The number of rotatable bonds is 3. The van der Waals surface area contributed by atoms with Gasteiger partial charge in [0.05, 0.1) is 5.71 Å². The third-order valence-corrected chi connectivity index (χ3v) is 2.07. The van der Waals surface area contributed by atoms with Crippen LogP contribution in [-0.2, 0) is 4.79 Å². The van der Waals surface area contributed by atoms with E-state index in [1.54, 1.807) is 0 Å². The van der Waals surface area contributed by atoms with Crippen molar-refractivity contribution in [2.24, 2.45) is 5.16 Å². The van der Waals surface area contributed by atoms with Gasteiger partial charge in [-0.15, -0.1) is 0 Å². The monoisotopic (exact) mass is 235 g/mol. The van der Waals surface area contributed by atoms with Gasteiger partial charge in [0.2, 0.25) is 0 Å². The number of phenols is 1.